The highest BCUT2D eigenvalue weighted by Crippen LogP contribution is 2.39. The van der Waals surface area contributed by atoms with E-state index in [0.29, 0.717) is 0 Å². The number of benzene rings is 5. The van der Waals surface area contributed by atoms with Gasteiger partial charge >= 0.3 is 0 Å². The Morgan fingerprint density at radius 3 is 1.06 bits per heavy atom. The number of hydrogen-bond donors (Lipinski definition) is 0. The Morgan fingerprint density at radius 2 is 0.750 bits per heavy atom. The molecule has 4 heteroatoms. The Labute approximate surface area is 214 Å². The number of thioether (sulfide) groups is 2. The highest BCUT2D eigenvalue weighted by molar-refractivity contribution is 9.10. The lowest BCUT2D eigenvalue weighted by Crippen LogP contribution is -1.94. The SMILES string of the molecule is Brc1ccc(SCc2c3ccccc3c(CSc3ccc(Br)cc3)c3ccccc23)cc1. The van der Waals surface area contributed by atoms with Gasteiger partial charge in [-0.1, -0.05) is 80.4 Å². The third-order valence-corrected chi connectivity index (χ3v) is 8.68. The van der Waals surface area contributed by atoms with E-state index in [0.717, 1.165) is 20.5 Å². The van der Waals surface area contributed by atoms with E-state index in [9.17, 15) is 0 Å². The first kappa shape index (κ1) is 22.1. The maximum Gasteiger partial charge on any atom is 0.0244 e. The minimum Gasteiger partial charge on any atom is -0.121 e. The molecular weight excluding hydrogens is 560 g/mol. The summed E-state index contributed by atoms with van der Waals surface area (Å²) in [5, 5.41) is 5.45. The van der Waals surface area contributed by atoms with Crippen molar-refractivity contribution in [1.82, 2.24) is 0 Å². The quantitative estimate of drug-likeness (QED) is 0.145. The van der Waals surface area contributed by atoms with Crippen LogP contribution in [-0.2, 0) is 11.5 Å². The molecule has 0 amide bonds. The number of hydrogen-bond acceptors (Lipinski definition) is 2. The fraction of sp³-hybridized carbons (Fsp3) is 0.0714. The van der Waals surface area contributed by atoms with Gasteiger partial charge in [-0.3, -0.25) is 0 Å². The Bertz CT molecular complexity index is 1210. The van der Waals surface area contributed by atoms with Crippen molar-refractivity contribution in [2.45, 2.75) is 21.3 Å². The number of rotatable bonds is 6. The molecule has 0 N–H and O–H groups in total. The van der Waals surface area contributed by atoms with Crippen LogP contribution in [0.1, 0.15) is 11.1 Å². The van der Waals surface area contributed by atoms with Gasteiger partial charge in [0.1, 0.15) is 0 Å². The summed E-state index contributed by atoms with van der Waals surface area (Å²) in [6.07, 6.45) is 0. The second-order valence-electron chi connectivity index (χ2n) is 7.53. The van der Waals surface area contributed by atoms with Gasteiger partial charge in [0, 0.05) is 30.2 Å². The second-order valence-corrected chi connectivity index (χ2v) is 11.5. The highest BCUT2D eigenvalue weighted by atomic mass is 79.9. The normalized spacial score (nSPS) is 11.3. The van der Waals surface area contributed by atoms with Gasteiger partial charge in [-0.2, -0.15) is 0 Å². The standard InChI is InChI=1S/C28H20Br2S2/c29-19-9-13-21(14-10-19)31-17-27-23-5-1-2-6-24(23)28(26-8-4-3-7-25(26)27)18-32-22-15-11-20(30)12-16-22/h1-16H,17-18H2. The molecule has 0 aliphatic carbocycles. The lowest BCUT2D eigenvalue weighted by molar-refractivity contribution is 1.39. The fourth-order valence-corrected chi connectivity index (χ4v) is 6.42. The van der Waals surface area contributed by atoms with Crippen molar-refractivity contribution in [3.05, 3.63) is 117 Å². The van der Waals surface area contributed by atoms with Crippen molar-refractivity contribution in [2.75, 3.05) is 0 Å². The maximum atomic E-state index is 3.54. The summed E-state index contributed by atoms with van der Waals surface area (Å²) < 4.78 is 2.23. The Kier molecular flexibility index (Phi) is 6.94. The first-order chi connectivity index (χ1) is 15.7. The van der Waals surface area contributed by atoms with E-state index in [1.165, 1.54) is 42.5 Å². The summed E-state index contributed by atoms with van der Waals surface area (Å²) >= 11 is 10.9. The van der Waals surface area contributed by atoms with E-state index in [-0.39, 0.29) is 0 Å². The molecule has 0 saturated carbocycles. The van der Waals surface area contributed by atoms with Gasteiger partial charge in [-0.25, -0.2) is 0 Å². The Balaban J connectivity index is 1.56. The average Bonchev–Trinajstić information content (AvgIpc) is 2.83. The van der Waals surface area contributed by atoms with Crippen LogP contribution in [0.5, 0.6) is 0 Å². The van der Waals surface area contributed by atoms with Gasteiger partial charge in [0.05, 0.1) is 0 Å². The van der Waals surface area contributed by atoms with E-state index in [1.54, 1.807) is 0 Å². The summed E-state index contributed by atoms with van der Waals surface area (Å²) in [5.74, 6) is 1.89. The van der Waals surface area contributed by atoms with Crippen molar-refractivity contribution in [1.29, 1.82) is 0 Å². The van der Waals surface area contributed by atoms with E-state index in [4.69, 9.17) is 0 Å². The molecule has 32 heavy (non-hydrogen) atoms. The molecule has 0 unspecified atom stereocenters. The molecule has 5 aromatic rings. The molecule has 0 nitrogen and oxygen atoms in total. The molecule has 0 heterocycles. The summed E-state index contributed by atoms with van der Waals surface area (Å²) in [4.78, 5) is 2.58. The number of halogens is 2. The number of fused-ring (bicyclic) bond motifs is 2. The Morgan fingerprint density at radius 1 is 0.438 bits per heavy atom. The van der Waals surface area contributed by atoms with Crippen molar-refractivity contribution >= 4 is 76.9 Å². The summed E-state index contributed by atoms with van der Waals surface area (Å²) in [5.41, 5.74) is 2.84. The molecule has 0 atom stereocenters. The molecule has 158 valence electrons. The van der Waals surface area contributed by atoms with Gasteiger partial charge in [0.15, 0.2) is 0 Å². The van der Waals surface area contributed by atoms with E-state index >= 15 is 0 Å². The first-order valence-electron chi connectivity index (χ1n) is 10.4. The van der Waals surface area contributed by atoms with Crippen molar-refractivity contribution in [3.8, 4) is 0 Å². The van der Waals surface area contributed by atoms with E-state index in [1.807, 2.05) is 23.5 Å². The monoisotopic (exact) mass is 578 g/mol. The van der Waals surface area contributed by atoms with Crippen molar-refractivity contribution < 1.29 is 0 Å². The van der Waals surface area contributed by atoms with E-state index in [2.05, 4.69) is 129 Å². The smallest absolute Gasteiger partial charge is 0.0244 e. The zero-order chi connectivity index (χ0) is 21.9. The molecule has 0 aromatic heterocycles. The maximum absolute atomic E-state index is 3.54. The molecule has 0 spiro atoms. The van der Waals surface area contributed by atoms with E-state index < -0.39 is 0 Å². The lowest BCUT2D eigenvalue weighted by Gasteiger charge is -2.17. The highest BCUT2D eigenvalue weighted by Gasteiger charge is 2.14. The topological polar surface area (TPSA) is 0 Å². The van der Waals surface area contributed by atoms with Gasteiger partial charge in [0.25, 0.3) is 0 Å². The van der Waals surface area contributed by atoms with Crippen molar-refractivity contribution in [3.63, 3.8) is 0 Å². The molecule has 0 fully saturated rings. The minimum absolute atomic E-state index is 0.947. The lowest BCUT2D eigenvalue weighted by atomic mass is 9.93. The summed E-state index contributed by atoms with van der Waals surface area (Å²) in [6.45, 7) is 0. The fourth-order valence-electron chi connectivity index (χ4n) is 3.99. The van der Waals surface area contributed by atoms with Crippen LogP contribution in [0.2, 0.25) is 0 Å². The second kappa shape index (κ2) is 10.0. The molecule has 5 aromatic carbocycles. The summed E-state index contributed by atoms with van der Waals surface area (Å²) in [7, 11) is 0. The first-order valence-corrected chi connectivity index (χ1v) is 13.9. The van der Waals surface area contributed by atoms with Crippen LogP contribution in [-0.4, -0.2) is 0 Å². The zero-order valence-electron chi connectivity index (χ0n) is 17.2. The van der Waals surface area contributed by atoms with Gasteiger partial charge < -0.3 is 0 Å². The van der Waals surface area contributed by atoms with Gasteiger partial charge in [0.2, 0.25) is 0 Å². The molecule has 0 radical (unpaired) electrons. The van der Waals surface area contributed by atoms with Crippen LogP contribution < -0.4 is 0 Å². The minimum atomic E-state index is 0.947. The molecule has 5 rings (SSSR count). The van der Waals surface area contributed by atoms with Crippen LogP contribution >= 0.6 is 55.4 Å². The van der Waals surface area contributed by atoms with Crippen LogP contribution in [0.15, 0.2) is 116 Å². The third kappa shape index (κ3) is 4.79. The summed E-state index contributed by atoms with van der Waals surface area (Å²) in [6, 6.07) is 35.0. The molecule has 0 aliphatic rings. The largest absolute Gasteiger partial charge is 0.121 e. The van der Waals surface area contributed by atoms with Crippen LogP contribution in [0.4, 0.5) is 0 Å². The average molecular weight is 580 g/mol. The van der Waals surface area contributed by atoms with Gasteiger partial charge in [-0.05, 0) is 81.2 Å². The molecule has 0 aliphatic heterocycles. The van der Waals surface area contributed by atoms with Crippen LogP contribution in [0, 0.1) is 0 Å². The van der Waals surface area contributed by atoms with Crippen LogP contribution in [0.25, 0.3) is 21.5 Å². The zero-order valence-corrected chi connectivity index (χ0v) is 22.0. The third-order valence-electron chi connectivity index (χ3n) is 5.55. The van der Waals surface area contributed by atoms with Gasteiger partial charge in [-0.15, -0.1) is 23.5 Å². The van der Waals surface area contributed by atoms with Crippen LogP contribution in [0.3, 0.4) is 0 Å². The molecular formula is C28H20Br2S2. The Hall–Kier alpha value is -1.72. The molecule has 0 bridgehead atoms. The molecule has 0 saturated heterocycles. The predicted molar refractivity (Wildman–Crippen MR) is 149 cm³/mol. The predicted octanol–water partition coefficient (Wildman–Crippen LogP) is 10.1. The van der Waals surface area contributed by atoms with Crippen molar-refractivity contribution in [2.24, 2.45) is 0 Å².